The summed E-state index contributed by atoms with van der Waals surface area (Å²) >= 11 is 1.76. The number of hydrogen-bond donors (Lipinski definition) is 1. The highest BCUT2D eigenvalue weighted by Gasteiger charge is 2.13. The van der Waals surface area contributed by atoms with E-state index in [0.29, 0.717) is 0 Å². The third-order valence-electron chi connectivity index (χ3n) is 3.85. The molecular formula is C19H19NOS. The third-order valence-corrected chi connectivity index (χ3v) is 4.87. The van der Waals surface area contributed by atoms with Gasteiger partial charge in [0, 0.05) is 16.3 Å². The average molecular weight is 309 g/mol. The molecule has 0 aliphatic heterocycles. The first-order valence-electron chi connectivity index (χ1n) is 7.47. The van der Waals surface area contributed by atoms with Crippen molar-refractivity contribution in [2.24, 2.45) is 0 Å². The average Bonchev–Trinajstić information content (AvgIpc) is 2.91. The maximum Gasteiger partial charge on any atom is 0.251 e. The van der Waals surface area contributed by atoms with Gasteiger partial charge in [0.25, 0.3) is 5.91 Å². The van der Waals surface area contributed by atoms with Crippen LogP contribution in [0.15, 0.2) is 53.9 Å². The van der Waals surface area contributed by atoms with Crippen molar-refractivity contribution in [2.75, 3.05) is 0 Å². The first-order chi connectivity index (χ1) is 10.6. The molecule has 1 amide bonds. The Kier molecular flexibility index (Phi) is 4.25. The van der Waals surface area contributed by atoms with Crippen LogP contribution in [0, 0.1) is 6.92 Å². The molecule has 0 aliphatic rings. The summed E-state index contributed by atoms with van der Waals surface area (Å²) < 4.78 is 1.30. The Morgan fingerprint density at radius 3 is 2.68 bits per heavy atom. The van der Waals surface area contributed by atoms with E-state index in [0.717, 1.165) is 17.5 Å². The zero-order valence-corrected chi connectivity index (χ0v) is 13.6. The summed E-state index contributed by atoms with van der Waals surface area (Å²) in [7, 11) is 0. The van der Waals surface area contributed by atoms with Gasteiger partial charge < -0.3 is 5.32 Å². The van der Waals surface area contributed by atoms with Crippen LogP contribution in [-0.4, -0.2) is 11.9 Å². The fourth-order valence-electron chi connectivity index (χ4n) is 2.70. The van der Waals surface area contributed by atoms with Crippen LogP contribution in [0.5, 0.6) is 0 Å². The molecule has 3 heteroatoms. The van der Waals surface area contributed by atoms with Crippen molar-refractivity contribution in [3.63, 3.8) is 0 Å². The summed E-state index contributed by atoms with van der Waals surface area (Å²) in [5, 5.41) is 6.60. The molecule has 22 heavy (non-hydrogen) atoms. The van der Waals surface area contributed by atoms with Crippen molar-refractivity contribution in [2.45, 2.75) is 26.3 Å². The second-order valence-electron chi connectivity index (χ2n) is 5.65. The summed E-state index contributed by atoms with van der Waals surface area (Å²) in [5.74, 6) is 0.00475. The van der Waals surface area contributed by atoms with E-state index in [1.54, 1.807) is 11.3 Å². The normalized spacial score (nSPS) is 12.3. The zero-order valence-electron chi connectivity index (χ0n) is 12.8. The van der Waals surface area contributed by atoms with Gasteiger partial charge in [-0.05, 0) is 54.3 Å². The van der Waals surface area contributed by atoms with Gasteiger partial charge in [-0.15, -0.1) is 11.3 Å². The maximum absolute atomic E-state index is 12.4. The van der Waals surface area contributed by atoms with Crippen LogP contribution >= 0.6 is 11.3 Å². The van der Waals surface area contributed by atoms with E-state index in [1.807, 2.05) is 31.2 Å². The summed E-state index contributed by atoms with van der Waals surface area (Å²) in [4.78, 5) is 12.4. The number of carbonyl (C=O) groups excluding carboxylic acids is 1. The van der Waals surface area contributed by atoms with Crippen LogP contribution in [-0.2, 0) is 6.42 Å². The number of amides is 1. The third kappa shape index (κ3) is 3.04. The highest BCUT2D eigenvalue weighted by atomic mass is 32.1. The van der Waals surface area contributed by atoms with Gasteiger partial charge in [0.15, 0.2) is 0 Å². The molecule has 0 saturated heterocycles. The molecule has 3 aromatic rings. The van der Waals surface area contributed by atoms with E-state index in [-0.39, 0.29) is 11.9 Å². The Labute approximate surface area is 134 Å². The number of nitrogens with one attached hydrogen (secondary N) is 1. The second kappa shape index (κ2) is 6.32. The molecule has 1 N–H and O–H groups in total. The summed E-state index contributed by atoms with van der Waals surface area (Å²) in [6.07, 6.45) is 0.849. The van der Waals surface area contributed by atoms with Gasteiger partial charge in [0.05, 0.1) is 0 Å². The Balaban J connectivity index is 1.71. The number of fused-ring (bicyclic) bond motifs is 1. The Hall–Kier alpha value is -2.13. The van der Waals surface area contributed by atoms with Gasteiger partial charge in [0.2, 0.25) is 0 Å². The van der Waals surface area contributed by atoms with Crippen LogP contribution in [0.4, 0.5) is 0 Å². The van der Waals surface area contributed by atoms with E-state index >= 15 is 0 Å². The van der Waals surface area contributed by atoms with Crippen molar-refractivity contribution in [1.82, 2.24) is 5.32 Å². The fourth-order valence-corrected chi connectivity index (χ4v) is 3.68. The number of rotatable bonds is 4. The van der Waals surface area contributed by atoms with Crippen molar-refractivity contribution in [3.8, 4) is 0 Å². The molecule has 0 saturated carbocycles. The minimum atomic E-state index is 0.00475. The lowest BCUT2D eigenvalue weighted by Gasteiger charge is -2.14. The zero-order chi connectivity index (χ0) is 15.5. The summed E-state index contributed by atoms with van der Waals surface area (Å²) in [5.41, 5.74) is 3.07. The fraction of sp³-hybridized carbons (Fsp3) is 0.211. The molecule has 0 spiro atoms. The lowest BCUT2D eigenvalue weighted by molar-refractivity contribution is 0.0939. The van der Waals surface area contributed by atoms with E-state index in [1.165, 1.54) is 15.6 Å². The lowest BCUT2D eigenvalue weighted by atomic mass is 10.0. The highest BCUT2D eigenvalue weighted by molar-refractivity contribution is 7.17. The largest absolute Gasteiger partial charge is 0.349 e. The van der Waals surface area contributed by atoms with Crippen molar-refractivity contribution in [1.29, 1.82) is 0 Å². The molecular weight excluding hydrogens is 290 g/mol. The monoisotopic (exact) mass is 309 g/mol. The van der Waals surface area contributed by atoms with E-state index in [2.05, 4.69) is 41.9 Å². The van der Waals surface area contributed by atoms with Crippen LogP contribution in [0.1, 0.15) is 28.4 Å². The first-order valence-corrected chi connectivity index (χ1v) is 8.34. The van der Waals surface area contributed by atoms with E-state index in [4.69, 9.17) is 0 Å². The Morgan fingerprint density at radius 2 is 1.86 bits per heavy atom. The molecule has 1 atom stereocenters. The summed E-state index contributed by atoms with van der Waals surface area (Å²) in [6, 6.07) is 16.2. The standard InChI is InChI=1S/C19H19NOS/c1-13-7-3-4-8-16(13)19(21)20-14(2)11-15-12-22-18-10-6-5-9-17(15)18/h3-10,12,14H,11H2,1-2H3,(H,20,21)/t14-/m0/s1. The number of hydrogen-bond acceptors (Lipinski definition) is 2. The molecule has 3 rings (SSSR count). The second-order valence-corrected chi connectivity index (χ2v) is 6.56. The van der Waals surface area contributed by atoms with Gasteiger partial charge in [-0.1, -0.05) is 36.4 Å². The topological polar surface area (TPSA) is 29.1 Å². The molecule has 2 aromatic carbocycles. The molecule has 0 aliphatic carbocycles. The number of carbonyl (C=O) groups is 1. The molecule has 1 heterocycles. The highest BCUT2D eigenvalue weighted by Crippen LogP contribution is 2.26. The van der Waals surface area contributed by atoms with Crippen LogP contribution < -0.4 is 5.32 Å². The van der Waals surface area contributed by atoms with Gasteiger partial charge in [-0.25, -0.2) is 0 Å². The smallest absolute Gasteiger partial charge is 0.251 e. The molecule has 1 aromatic heterocycles. The lowest BCUT2D eigenvalue weighted by Crippen LogP contribution is -2.34. The molecule has 2 nitrogen and oxygen atoms in total. The maximum atomic E-state index is 12.4. The predicted octanol–water partition coefficient (Wildman–Crippen LogP) is 4.57. The van der Waals surface area contributed by atoms with E-state index < -0.39 is 0 Å². The summed E-state index contributed by atoms with van der Waals surface area (Å²) in [6.45, 7) is 4.02. The molecule has 112 valence electrons. The molecule has 0 fully saturated rings. The Morgan fingerprint density at radius 1 is 1.14 bits per heavy atom. The number of benzene rings is 2. The quantitative estimate of drug-likeness (QED) is 0.751. The van der Waals surface area contributed by atoms with Crippen LogP contribution in [0.2, 0.25) is 0 Å². The SMILES string of the molecule is Cc1ccccc1C(=O)N[C@@H](C)Cc1csc2ccccc12. The molecule has 0 unspecified atom stereocenters. The Bertz CT molecular complexity index is 806. The number of thiophene rings is 1. The minimum Gasteiger partial charge on any atom is -0.349 e. The number of aryl methyl sites for hydroxylation is 1. The van der Waals surface area contributed by atoms with Gasteiger partial charge in [-0.2, -0.15) is 0 Å². The van der Waals surface area contributed by atoms with Gasteiger partial charge >= 0.3 is 0 Å². The van der Waals surface area contributed by atoms with Crippen LogP contribution in [0.3, 0.4) is 0 Å². The van der Waals surface area contributed by atoms with Crippen molar-refractivity contribution in [3.05, 3.63) is 70.6 Å². The first kappa shape index (κ1) is 14.8. The van der Waals surface area contributed by atoms with Crippen molar-refractivity contribution >= 4 is 27.3 Å². The molecule has 0 bridgehead atoms. The molecule has 0 radical (unpaired) electrons. The van der Waals surface area contributed by atoms with Crippen LogP contribution in [0.25, 0.3) is 10.1 Å². The van der Waals surface area contributed by atoms with Gasteiger partial charge in [-0.3, -0.25) is 4.79 Å². The van der Waals surface area contributed by atoms with Crippen molar-refractivity contribution < 1.29 is 4.79 Å². The van der Waals surface area contributed by atoms with E-state index in [9.17, 15) is 4.79 Å². The van der Waals surface area contributed by atoms with Gasteiger partial charge in [0.1, 0.15) is 0 Å². The minimum absolute atomic E-state index is 0.00475. The predicted molar refractivity (Wildman–Crippen MR) is 93.6 cm³/mol.